The number of hydrogen-bond donors (Lipinski definition) is 1. The van der Waals surface area contributed by atoms with Gasteiger partial charge in [-0.2, -0.15) is 0 Å². The van der Waals surface area contributed by atoms with Crippen LogP contribution in [0.15, 0.2) is 24.3 Å². The van der Waals surface area contributed by atoms with Gasteiger partial charge in [-0.15, -0.1) is 0 Å². The van der Waals surface area contributed by atoms with Gasteiger partial charge in [-0.3, -0.25) is 9.59 Å². The molecule has 0 fully saturated rings. The van der Waals surface area contributed by atoms with Crippen molar-refractivity contribution >= 4 is 23.4 Å². The Balaban J connectivity index is 2.89. The smallest absolute Gasteiger partial charge is 0.311 e. The fourth-order valence-electron chi connectivity index (χ4n) is 0.920. The number of carbonyl (C=O) groups excluding carboxylic acids is 1. The Hall–Kier alpha value is -1.35. The van der Waals surface area contributed by atoms with Gasteiger partial charge in [-0.25, -0.2) is 0 Å². The first-order valence-corrected chi connectivity index (χ1v) is 3.98. The number of rotatable bonds is 3. The molecule has 1 aromatic rings. The number of benzene rings is 1. The molecule has 3 nitrogen and oxygen atoms in total. The van der Waals surface area contributed by atoms with Gasteiger partial charge in [0.15, 0.2) is 5.78 Å². The summed E-state index contributed by atoms with van der Waals surface area (Å²) in [5.74, 6) is -1.62. The molecule has 0 atom stereocenters. The van der Waals surface area contributed by atoms with E-state index in [4.69, 9.17) is 16.7 Å². The predicted molar refractivity (Wildman–Crippen MR) is 48.0 cm³/mol. The number of carboxylic acids is 1. The van der Waals surface area contributed by atoms with Gasteiger partial charge >= 0.3 is 5.97 Å². The Bertz CT molecular complexity index is 346. The van der Waals surface area contributed by atoms with Crippen LogP contribution in [0.3, 0.4) is 0 Å². The summed E-state index contributed by atoms with van der Waals surface area (Å²) in [5, 5.41) is 8.66. The van der Waals surface area contributed by atoms with Crippen LogP contribution < -0.4 is 0 Å². The summed E-state index contributed by atoms with van der Waals surface area (Å²) >= 11 is 5.69. The molecule has 0 aliphatic rings. The fraction of sp³-hybridized carbons (Fsp3) is 0.111. The molecular formula is C9H7ClO3. The fourth-order valence-corrected chi connectivity index (χ4v) is 1.16. The molecule has 0 amide bonds. The highest BCUT2D eigenvalue weighted by Gasteiger charge is 2.12. The number of halogens is 1. The van der Waals surface area contributed by atoms with E-state index in [-0.39, 0.29) is 10.6 Å². The maximum Gasteiger partial charge on any atom is 0.311 e. The zero-order chi connectivity index (χ0) is 9.84. The maximum atomic E-state index is 11.2. The quantitative estimate of drug-likeness (QED) is 0.597. The molecule has 1 aromatic carbocycles. The largest absolute Gasteiger partial charge is 0.481 e. The van der Waals surface area contributed by atoms with Gasteiger partial charge in [0.2, 0.25) is 0 Å². The van der Waals surface area contributed by atoms with Crippen molar-refractivity contribution in [1.29, 1.82) is 0 Å². The number of hydrogen-bond acceptors (Lipinski definition) is 2. The third-order valence-electron chi connectivity index (χ3n) is 1.49. The topological polar surface area (TPSA) is 54.4 Å². The first-order valence-electron chi connectivity index (χ1n) is 3.61. The van der Waals surface area contributed by atoms with Crippen molar-refractivity contribution in [1.82, 2.24) is 0 Å². The highest BCUT2D eigenvalue weighted by Crippen LogP contribution is 2.16. The monoisotopic (exact) mass is 198 g/mol. The summed E-state index contributed by atoms with van der Waals surface area (Å²) in [6.45, 7) is 0. The standard InChI is InChI=1S/C9H7ClO3/c10-7-4-2-1-3-6(7)8(11)5-9(12)13/h1-4H,5H2,(H,12,13). The Morgan fingerprint density at radius 3 is 2.46 bits per heavy atom. The third-order valence-corrected chi connectivity index (χ3v) is 1.82. The molecule has 0 unspecified atom stereocenters. The number of Topliss-reactive ketones (excluding diaryl/α,β-unsaturated/α-hetero) is 1. The normalized spacial score (nSPS) is 9.62. The van der Waals surface area contributed by atoms with Gasteiger partial charge < -0.3 is 5.11 Å². The Morgan fingerprint density at radius 1 is 1.31 bits per heavy atom. The van der Waals surface area contributed by atoms with Crippen molar-refractivity contribution in [2.45, 2.75) is 6.42 Å². The molecule has 0 spiro atoms. The number of aliphatic carboxylic acids is 1. The highest BCUT2D eigenvalue weighted by atomic mass is 35.5. The van der Waals surface area contributed by atoms with Crippen LogP contribution in [0.2, 0.25) is 5.02 Å². The second-order valence-electron chi connectivity index (χ2n) is 2.47. The van der Waals surface area contributed by atoms with Gasteiger partial charge in [0.1, 0.15) is 6.42 Å². The first-order chi connectivity index (χ1) is 6.11. The molecule has 1 N–H and O–H groups in total. The van der Waals surface area contributed by atoms with Crippen molar-refractivity contribution < 1.29 is 14.7 Å². The van der Waals surface area contributed by atoms with Crippen molar-refractivity contribution in [2.24, 2.45) is 0 Å². The third kappa shape index (κ3) is 2.56. The minimum Gasteiger partial charge on any atom is -0.481 e. The molecule has 0 bridgehead atoms. The van der Waals surface area contributed by atoms with E-state index in [1.807, 2.05) is 0 Å². The average Bonchev–Trinajstić information content (AvgIpc) is 2.03. The highest BCUT2D eigenvalue weighted by molar-refractivity contribution is 6.34. The van der Waals surface area contributed by atoms with E-state index in [0.717, 1.165) is 0 Å². The lowest BCUT2D eigenvalue weighted by atomic mass is 10.1. The van der Waals surface area contributed by atoms with Crippen molar-refractivity contribution in [3.63, 3.8) is 0 Å². The maximum absolute atomic E-state index is 11.2. The zero-order valence-corrected chi connectivity index (χ0v) is 7.41. The van der Waals surface area contributed by atoms with Gasteiger partial charge in [-0.05, 0) is 12.1 Å². The van der Waals surface area contributed by atoms with E-state index in [2.05, 4.69) is 0 Å². The van der Waals surface area contributed by atoms with Crippen molar-refractivity contribution in [2.75, 3.05) is 0 Å². The first kappa shape index (κ1) is 9.74. The van der Waals surface area contributed by atoms with Crippen LogP contribution in [0, 0.1) is 0 Å². The Kier molecular flexibility index (Phi) is 3.03. The zero-order valence-electron chi connectivity index (χ0n) is 6.66. The van der Waals surface area contributed by atoms with E-state index in [1.54, 1.807) is 18.2 Å². The average molecular weight is 199 g/mol. The van der Waals surface area contributed by atoms with Gasteiger partial charge in [0.25, 0.3) is 0 Å². The van der Waals surface area contributed by atoms with Crippen LogP contribution >= 0.6 is 11.6 Å². The van der Waals surface area contributed by atoms with E-state index in [0.29, 0.717) is 0 Å². The molecule has 0 radical (unpaired) electrons. The summed E-state index contributed by atoms with van der Waals surface area (Å²) in [5.41, 5.74) is 0.256. The summed E-state index contributed by atoms with van der Waals surface area (Å²) in [7, 11) is 0. The Labute approximate surface area is 79.9 Å². The van der Waals surface area contributed by atoms with Crippen LogP contribution in [0.4, 0.5) is 0 Å². The van der Waals surface area contributed by atoms with E-state index >= 15 is 0 Å². The molecule has 0 aliphatic carbocycles. The van der Waals surface area contributed by atoms with E-state index in [9.17, 15) is 9.59 Å². The molecule has 0 saturated heterocycles. The predicted octanol–water partition coefficient (Wildman–Crippen LogP) is 2.00. The summed E-state index contributed by atoms with van der Waals surface area (Å²) < 4.78 is 0. The minimum atomic E-state index is -1.15. The van der Waals surface area contributed by atoms with E-state index < -0.39 is 18.2 Å². The summed E-state index contributed by atoms with van der Waals surface area (Å²) in [4.78, 5) is 21.4. The van der Waals surface area contributed by atoms with Gasteiger partial charge in [0, 0.05) is 5.56 Å². The van der Waals surface area contributed by atoms with Crippen LogP contribution in [-0.4, -0.2) is 16.9 Å². The minimum absolute atomic E-state index is 0.256. The molecule has 4 heteroatoms. The number of carbonyl (C=O) groups is 2. The Morgan fingerprint density at radius 2 is 1.92 bits per heavy atom. The van der Waals surface area contributed by atoms with Crippen LogP contribution in [0.25, 0.3) is 0 Å². The SMILES string of the molecule is O=C(O)CC(=O)c1ccccc1Cl. The number of carboxylic acid groups (broad SMARTS) is 1. The van der Waals surface area contributed by atoms with Crippen molar-refractivity contribution in [3.05, 3.63) is 34.9 Å². The summed E-state index contributed by atoms with van der Waals surface area (Å²) in [6.07, 6.45) is -0.524. The molecular weight excluding hydrogens is 192 g/mol. The van der Waals surface area contributed by atoms with Crippen molar-refractivity contribution in [3.8, 4) is 0 Å². The second-order valence-corrected chi connectivity index (χ2v) is 2.88. The van der Waals surface area contributed by atoms with Gasteiger partial charge in [-0.1, -0.05) is 23.7 Å². The molecule has 0 saturated carbocycles. The molecule has 0 heterocycles. The van der Waals surface area contributed by atoms with Crippen LogP contribution in [0.5, 0.6) is 0 Å². The molecule has 1 rings (SSSR count). The molecule has 13 heavy (non-hydrogen) atoms. The molecule has 0 aromatic heterocycles. The lowest BCUT2D eigenvalue weighted by molar-refractivity contribution is -0.135. The second kappa shape index (κ2) is 4.05. The van der Waals surface area contributed by atoms with Gasteiger partial charge in [0.05, 0.1) is 5.02 Å². The van der Waals surface area contributed by atoms with Crippen LogP contribution in [-0.2, 0) is 4.79 Å². The molecule has 68 valence electrons. The number of ketones is 1. The van der Waals surface area contributed by atoms with Crippen LogP contribution in [0.1, 0.15) is 16.8 Å². The van der Waals surface area contributed by atoms with E-state index in [1.165, 1.54) is 6.07 Å². The molecule has 0 aliphatic heterocycles. The lowest BCUT2D eigenvalue weighted by Gasteiger charge is -1.99. The summed E-state index contributed by atoms with van der Waals surface area (Å²) in [6, 6.07) is 6.38. The lowest BCUT2D eigenvalue weighted by Crippen LogP contribution is -2.07.